The Kier molecular flexibility index (Phi) is 11.7. The predicted octanol–water partition coefficient (Wildman–Crippen LogP) is 6.96. The number of anilines is 1. The third kappa shape index (κ3) is 8.98. The van der Waals surface area contributed by atoms with Gasteiger partial charge in [0.05, 0.1) is 53.6 Å². The molecule has 1 N–H and O–H groups in total. The highest BCUT2D eigenvalue weighted by Gasteiger charge is 2.35. The number of amides is 1. The van der Waals surface area contributed by atoms with Gasteiger partial charge < -0.3 is 24.4 Å². The number of ether oxygens (including phenoxy) is 3. The Labute approximate surface area is 237 Å². The van der Waals surface area contributed by atoms with Crippen molar-refractivity contribution in [2.45, 2.75) is 50.8 Å². The van der Waals surface area contributed by atoms with Crippen LogP contribution >= 0.6 is 23.2 Å². The minimum absolute atomic E-state index is 0.0804. The first kappa shape index (κ1) is 31.5. The number of halogens is 5. The van der Waals surface area contributed by atoms with Crippen molar-refractivity contribution >= 4 is 34.8 Å². The highest BCUT2D eigenvalue weighted by atomic mass is 35.5. The van der Waals surface area contributed by atoms with Crippen LogP contribution < -0.4 is 10.1 Å². The molecule has 1 heterocycles. The van der Waals surface area contributed by atoms with Crippen LogP contribution in [0.4, 0.5) is 18.9 Å². The van der Waals surface area contributed by atoms with Crippen LogP contribution in [0.15, 0.2) is 30.3 Å². The third-order valence-corrected chi connectivity index (χ3v) is 7.64. The fourth-order valence-corrected chi connectivity index (χ4v) is 5.05. The minimum atomic E-state index is -4.72. The van der Waals surface area contributed by atoms with E-state index in [1.165, 1.54) is 7.11 Å². The Morgan fingerprint density at radius 1 is 1.10 bits per heavy atom. The molecule has 0 aromatic heterocycles. The van der Waals surface area contributed by atoms with Gasteiger partial charge in [0.1, 0.15) is 5.75 Å². The number of benzene rings is 2. The summed E-state index contributed by atoms with van der Waals surface area (Å²) in [5, 5.41) is 2.15. The largest absolute Gasteiger partial charge is 0.496 e. The standard InChI is InChI=1S/C28H35Cl2F3N2O4/c1-18-6-7-19(15-26(18)38-3)21(5-4-10-35-11-8-20(9-12-35)39-14-13-37-2)27(36)34-25-17-24(30)23(29)16-22(25)28(31,32)33/h6-7,15-17,20-21H,4-5,8-14H2,1-3H3,(H,34,36). The zero-order valence-electron chi connectivity index (χ0n) is 22.4. The molecular formula is C28H35Cl2F3N2O4. The maximum atomic E-state index is 13.7. The molecule has 0 radical (unpaired) electrons. The number of piperidine rings is 1. The van der Waals surface area contributed by atoms with Gasteiger partial charge >= 0.3 is 6.18 Å². The van der Waals surface area contributed by atoms with Crippen LogP contribution in [0.3, 0.4) is 0 Å². The summed E-state index contributed by atoms with van der Waals surface area (Å²) in [6.45, 7) is 5.55. The van der Waals surface area contributed by atoms with Gasteiger partial charge in [-0.2, -0.15) is 13.2 Å². The maximum Gasteiger partial charge on any atom is 0.418 e. The summed E-state index contributed by atoms with van der Waals surface area (Å²) < 4.78 is 57.4. The van der Waals surface area contributed by atoms with Crippen LogP contribution in [0.2, 0.25) is 10.0 Å². The van der Waals surface area contributed by atoms with Crippen LogP contribution in [-0.2, 0) is 20.4 Å². The zero-order valence-corrected chi connectivity index (χ0v) is 23.9. The van der Waals surface area contributed by atoms with E-state index in [-0.39, 0.29) is 16.1 Å². The molecule has 0 saturated carbocycles. The van der Waals surface area contributed by atoms with Crippen LogP contribution in [-0.4, -0.2) is 64.0 Å². The Morgan fingerprint density at radius 3 is 2.44 bits per heavy atom. The van der Waals surface area contributed by atoms with Gasteiger partial charge in [-0.1, -0.05) is 35.3 Å². The molecule has 3 rings (SSSR count). The number of aryl methyl sites for hydroxylation is 1. The normalized spacial score (nSPS) is 15.8. The fourth-order valence-electron chi connectivity index (χ4n) is 4.72. The van der Waals surface area contributed by atoms with Gasteiger partial charge in [-0.3, -0.25) is 4.79 Å². The van der Waals surface area contributed by atoms with Crippen molar-refractivity contribution in [1.29, 1.82) is 0 Å². The van der Waals surface area contributed by atoms with E-state index in [1.54, 1.807) is 13.2 Å². The van der Waals surface area contributed by atoms with Crippen LogP contribution in [0, 0.1) is 6.92 Å². The number of carbonyl (C=O) groups excluding carboxylic acids is 1. The number of likely N-dealkylation sites (tertiary alicyclic amines) is 1. The van der Waals surface area contributed by atoms with Crippen molar-refractivity contribution in [3.8, 4) is 5.75 Å². The van der Waals surface area contributed by atoms with Crippen LogP contribution in [0.5, 0.6) is 5.75 Å². The van der Waals surface area contributed by atoms with E-state index in [4.69, 9.17) is 37.4 Å². The number of rotatable bonds is 12. The summed E-state index contributed by atoms with van der Waals surface area (Å²) in [6.07, 6.45) is -1.56. The quantitative estimate of drug-likeness (QED) is 0.271. The summed E-state index contributed by atoms with van der Waals surface area (Å²) in [5.41, 5.74) is 0.0660. The molecule has 216 valence electrons. The monoisotopic (exact) mass is 590 g/mol. The molecule has 2 aromatic rings. The Bertz CT molecular complexity index is 1110. The Balaban J connectivity index is 1.73. The van der Waals surface area contributed by atoms with Crippen molar-refractivity contribution in [2.75, 3.05) is 52.4 Å². The average Bonchev–Trinajstić information content (AvgIpc) is 2.89. The summed E-state index contributed by atoms with van der Waals surface area (Å²) >= 11 is 11.8. The second-order valence-electron chi connectivity index (χ2n) is 9.63. The first-order valence-electron chi connectivity index (χ1n) is 12.9. The number of nitrogens with one attached hydrogen (secondary N) is 1. The number of methoxy groups -OCH3 is 2. The summed E-state index contributed by atoms with van der Waals surface area (Å²) in [4.78, 5) is 15.8. The minimum Gasteiger partial charge on any atom is -0.496 e. The van der Waals surface area contributed by atoms with Gasteiger partial charge in [-0.25, -0.2) is 0 Å². The van der Waals surface area contributed by atoms with Gasteiger partial charge in [0.15, 0.2) is 0 Å². The summed E-state index contributed by atoms with van der Waals surface area (Å²) in [6, 6.07) is 7.18. The molecule has 1 fully saturated rings. The number of carbonyl (C=O) groups is 1. The second-order valence-corrected chi connectivity index (χ2v) is 10.4. The fraction of sp³-hybridized carbons (Fsp3) is 0.536. The molecule has 1 aliphatic rings. The first-order chi connectivity index (χ1) is 18.5. The molecule has 1 aliphatic heterocycles. The molecule has 1 atom stereocenters. The van der Waals surface area contributed by atoms with Gasteiger partial charge in [-0.15, -0.1) is 0 Å². The molecule has 1 amide bonds. The van der Waals surface area contributed by atoms with Crippen LogP contribution in [0.1, 0.15) is 48.3 Å². The molecule has 1 unspecified atom stereocenters. The van der Waals surface area contributed by atoms with E-state index in [1.807, 2.05) is 19.1 Å². The number of nitrogens with zero attached hydrogens (tertiary/aromatic N) is 1. The van der Waals surface area contributed by atoms with E-state index in [9.17, 15) is 18.0 Å². The maximum absolute atomic E-state index is 13.7. The number of hydrogen-bond donors (Lipinski definition) is 1. The van der Waals surface area contributed by atoms with E-state index >= 15 is 0 Å². The zero-order chi connectivity index (χ0) is 28.6. The lowest BCUT2D eigenvalue weighted by Crippen LogP contribution is -2.38. The molecule has 0 aliphatic carbocycles. The van der Waals surface area contributed by atoms with E-state index in [0.717, 1.165) is 50.2 Å². The lowest BCUT2D eigenvalue weighted by molar-refractivity contribution is -0.137. The average molecular weight is 591 g/mol. The van der Waals surface area contributed by atoms with Crippen molar-refractivity contribution in [1.82, 2.24) is 4.90 Å². The predicted molar refractivity (Wildman–Crippen MR) is 147 cm³/mol. The third-order valence-electron chi connectivity index (χ3n) is 6.92. The van der Waals surface area contributed by atoms with Gasteiger partial charge in [0, 0.05) is 20.2 Å². The van der Waals surface area contributed by atoms with Gasteiger partial charge in [0.25, 0.3) is 0 Å². The molecule has 39 heavy (non-hydrogen) atoms. The molecule has 0 spiro atoms. The Hall–Kier alpha value is -2.04. The van der Waals surface area contributed by atoms with Gasteiger partial charge in [-0.05, 0) is 68.5 Å². The van der Waals surface area contributed by atoms with E-state index in [2.05, 4.69) is 10.2 Å². The summed E-state index contributed by atoms with van der Waals surface area (Å²) in [7, 11) is 3.18. The van der Waals surface area contributed by atoms with E-state index in [0.29, 0.717) is 37.4 Å². The van der Waals surface area contributed by atoms with E-state index < -0.39 is 29.3 Å². The molecule has 6 nitrogen and oxygen atoms in total. The lowest BCUT2D eigenvalue weighted by Gasteiger charge is -2.32. The van der Waals surface area contributed by atoms with Gasteiger partial charge in [0.2, 0.25) is 5.91 Å². The lowest BCUT2D eigenvalue weighted by atomic mass is 9.91. The van der Waals surface area contributed by atoms with Crippen molar-refractivity contribution < 1.29 is 32.2 Å². The number of hydrogen-bond acceptors (Lipinski definition) is 5. The molecular weight excluding hydrogens is 556 g/mol. The number of alkyl halides is 3. The van der Waals surface area contributed by atoms with Crippen molar-refractivity contribution in [3.05, 3.63) is 57.1 Å². The Morgan fingerprint density at radius 2 is 1.79 bits per heavy atom. The highest BCUT2D eigenvalue weighted by Crippen LogP contribution is 2.40. The molecule has 0 bridgehead atoms. The summed E-state index contributed by atoms with van der Waals surface area (Å²) in [5.74, 6) is -0.661. The molecule has 11 heteroatoms. The van der Waals surface area contributed by atoms with Crippen molar-refractivity contribution in [3.63, 3.8) is 0 Å². The smallest absolute Gasteiger partial charge is 0.418 e. The first-order valence-corrected chi connectivity index (χ1v) is 13.6. The second kappa shape index (κ2) is 14.6. The molecule has 2 aromatic carbocycles. The molecule has 1 saturated heterocycles. The van der Waals surface area contributed by atoms with Crippen LogP contribution in [0.25, 0.3) is 0 Å². The SMILES string of the molecule is COCCOC1CCN(CCCC(C(=O)Nc2cc(Cl)c(Cl)cc2C(F)(F)F)c2ccc(C)c(OC)c2)CC1. The van der Waals surface area contributed by atoms with Crippen molar-refractivity contribution in [2.24, 2.45) is 0 Å². The topological polar surface area (TPSA) is 60.0 Å². The highest BCUT2D eigenvalue weighted by molar-refractivity contribution is 6.42.